The Hall–Kier alpha value is -1.60. The predicted molar refractivity (Wildman–Crippen MR) is 126 cm³/mol. The maximum atomic E-state index is 12.8. The zero-order valence-corrected chi connectivity index (χ0v) is 20.3. The molecule has 1 atom stereocenters. The van der Waals surface area contributed by atoms with Crippen LogP contribution in [0.1, 0.15) is 48.1 Å². The van der Waals surface area contributed by atoms with E-state index in [-0.39, 0.29) is 23.6 Å². The number of amides is 1. The van der Waals surface area contributed by atoms with Crippen LogP contribution in [-0.2, 0) is 20.6 Å². The third-order valence-corrected chi connectivity index (χ3v) is 8.40. The van der Waals surface area contributed by atoms with E-state index in [1.165, 1.54) is 4.31 Å². The van der Waals surface area contributed by atoms with Gasteiger partial charge in [0.15, 0.2) is 0 Å². The van der Waals surface area contributed by atoms with Crippen molar-refractivity contribution >= 4 is 39.1 Å². The van der Waals surface area contributed by atoms with Crippen LogP contribution in [0.3, 0.4) is 0 Å². The maximum absolute atomic E-state index is 12.8. The van der Waals surface area contributed by atoms with E-state index in [1.807, 2.05) is 20.8 Å². The molecule has 8 heteroatoms. The summed E-state index contributed by atoms with van der Waals surface area (Å²) >= 11 is 11.9. The SMILES string of the molecule is Cc1ccc(C)c(C(C)NC(=O)C2CCN(S(=O)(=O)Cc3ccc(Cl)c(Cl)c3)CC2)c1. The number of piperidine rings is 1. The Balaban J connectivity index is 1.57. The largest absolute Gasteiger partial charge is 0.349 e. The molecule has 1 unspecified atom stereocenters. The van der Waals surface area contributed by atoms with Crippen LogP contribution >= 0.6 is 23.2 Å². The lowest BCUT2D eigenvalue weighted by molar-refractivity contribution is -0.126. The average Bonchev–Trinajstić information content (AvgIpc) is 2.72. The summed E-state index contributed by atoms with van der Waals surface area (Å²) in [6.07, 6.45) is 1.01. The molecule has 2 aromatic rings. The van der Waals surface area contributed by atoms with E-state index >= 15 is 0 Å². The Morgan fingerprint density at radius 2 is 1.77 bits per heavy atom. The summed E-state index contributed by atoms with van der Waals surface area (Å²) in [6, 6.07) is 11.0. The van der Waals surface area contributed by atoms with Crippen LogP contribution in [0.25, 0.3) is 0 Å². The minimum Gasteiger partial charge on any atom is -0.349 e. The Kier molecular flexibility index (Phi) is 7.68. The first-order chi connectivity index (χ1) is 14.6. The second-order valence-corrected chi connectivity index (χ2v) is 11.1. The lowest BCUT2D eigenvalue weighted by Crippen LogP contribution is -2.43. The lowest BCUT2D eigenvalue weighted by atomic mass is 9.95. The minimum atomic E-state index is -3.49. The number of rotatable bonds is 6. The molecule has 1 fully saturated rings. The first kappa shape index (κ1) is 24.1. The summed E-state index contributed by atoms with van der Waals surface area (Å²) < 4.78 is 27.1. The number of nitrogens with zero attached hydrogens (tertiary/aromatic N) is 1. The fourth-order valence-electron chi connectivity index (χ4n) is 3.96. The van der Waals surface area contributed by atoms with Crippen molar-refractivity contribution < 1.29 is 13.2 Å². The zero-order valence-electron chi connectivity index (χ0n) is 18.0. The van der Waals surface area contributed by atoms with Gasteiger partial charge in [0.25, 0.3) is 0 Å². The molecule has 0 bridgehead atoms. The van der Waals surface area contributed by atoms with Crippen LogP contribution in [0, 0.1) is 19.8 Å². The van der Waals surface area contributed by atoms with Crippen molar-refractivity contribution in [2.45, 2.75) is 45.4 Å². The highest BCUT2D eigenvalue weighted by molar-refractivity contribution is 7.88. The second-order valence-electron chi connectivity index (χ2n) is 8.27. The number of nitrogens with one attached hydrogen (secondary N) is 1. The molecule has 2 aromatic carbocycles. The van der Waals surface area contributed by atoms with Gasteiger partial charge in [-0.05, 0) is 62.4 Å². The van der Waals surface area contributed by atoms with E-state index in [9.17, 15) is 13.2 Å². The van der Waals surface area contributed by atoms with Crippen LogP contribution < -0.4 is 5.32 Å². The lowest BCUT2D eigenvalue weighted by Gasteiger charge is -2.31. The molecular weight excluding hydrogens is 455 g/mol. The van der Waals surface area contributed by atoms with E-state index in [1.54, 1.807) is 18.2 Å². The van der Waals surface area contributed by atoms with Gasteiger partial charge in [-0.2, -0.15) is 0 Å². The highest BCUT2D eigenvalue weighted by Crippen LogP contribution is 2.27. The van der Waals surface area contributed by atoms with Gasteiger partial charge in [-0.15, -0.1) is 0 Å². The molecule has 1 amide bonds. The van der Waals surface area contributed by atoms with Gasteiger partial charge in [0, 0.05) is 19.0 Å². The summed E-state index contributed by atoms with van der Waals surface area (Å²) in [5.74, 6) is -0.344. The Morgan fingerprint density at radius 1 is 1.10 bits per heavy atom. The zero-order chi connectivity index (χ0) is 22.8. The highest BCUT2D eigenvalue weighted by Gasteiger charge is 2.31. The third-order valence-electron chi connectivity index (χ3n) is 5.81. The molecule has 1 aliphatic heterocycles. The molecule has 0 spiro atoms. The third kappa shape index (κ3) is 6.01. The highest BCUT2D eigenvalue weighted by atomic mass is 35.5. The van der Waals surface area contributed by atoms with Crippen LogP contribution in [0.5, 0.6) is 0 Å². The van der Waals surface area contributed by atoms with Crippen molar-refractivity contribution in [3.63, 3.8) is 0 Å². The molecule has 168 valence electrons. The minimum absolute atomic E-state index is 0.0186. The topological polar surface area (TPSA) is 66.5 Å². The van der Waals surface area contributed by atoms with Crippen LogP contribution in [-0.4, -0.2) is 31.7 Å². The predicted octanol–water partition coefficient (Wildman–Crippen LogP) is 5.03. The van der Waals surface area contributed by atoms with E-state index in [4.69, 9.17) is 23.2 Å². The van der Waals surface area contributed by atoms with Crippen molar-refractivity contribution in [2.24, 2.45) is 5.92 Å². The van der Waals surface area contributed by atoms with E-state index in [2.05, 4.69) is 23.5 Å². The van der Waals surface area contributed by atoms with Gasteiger partial charge >= 0.3 is 0 Å². The van der Waals surface area contributed by atoms with Crippen LogP contribution in [0.4, 0.5) is 0 Å². The number of halogens is 2. The van der Waals surface area contributed by atoms with Crippen molar-refractivity contribution in [1.29, 1.82) is 0 Å². The molecule has 31 heavy (non-hydrogen) atoms. The molecule has 0 saturated carbocycles. The summed E-state index contributed by atoms with van der Waals surface area (Å²) in [5, 5.41) is 3.83. The van der Waals surface area contributed by atoms with Crippen molar-refractivity contribution in [2.75, 3.05) is 13.1 Å². The van der Waals surface area contributed by atoms with Crippen molar-refractivity contribution in [3.8, 4) is 0 Å². The van der Waals surface area contributed by atoms with Crippen LogP contribution in [0.15, 0.2) is 36.4 Å². The van der Waals surface area contributed by atoms with E-state index < -0.39 is 10.0 Å². The number of benzene rings is 2. The first-order valence-electron chi connectivity index (χ1n) is 10.4. The van der Waals surface area contributed by atoms with Gasteiger partial charge in [-0.1, -0.05) is 53.0 Å². The number of aryl methyl sites for hydroxylation is 2. The van der Waals surface area contributed by atoms with Crippen LogP contribution in [0.2, 0.25) is 10.0 Å². The van der Waals surface area contributed by atoms with Gasteiger partial charge in [-0.3, -0.25) is 4.79 Å². The number of sulfonamides is 1. The normalized spacial score (nSPS) is 16.8. The summed E-state index contributed by atoms with van der Waals surface area (Å²) in [5.41, 5.74) is 4.00. The fraction of sp³-hybridized carbons (Fsp3) is 0.435. The summed E-state index contributed by atoms with van der Waals surface area (Å²) in [6.45, 7) is 6.72. The molecular formula is C23H28Cl2N2O3S. The van der Waals surface area contributed by atoms with E-state index in [0.29, 0.717) is 41.5 Å². The smallest absolute Gasteiger partial charge is 0.223 e. The standard InChI is InChI=1S/C23H28Cl2N2O3S/c1-15-4-5-16(2)20(12-15)17(3)26-23(28)19-8-10-27(11-9-19)31(29,30)14-18-6-7-21(24)22(25)13-18/h4-7,12-13,17,19H,8-11,14H2,1-3H3,(H,26,28). The fourth-order valence-corrected chi connectivity index (χ4v) is 5.83. The Morgan fingerprint density at radius 3 is 2.42 bits per heavy atom. The van der Waals surface area contributed by atoms with Gasteiger partial charge in [0.2, 0.25) is 15.9 Å². The monoisotopic (exact) mass is 482 g/mol. The average molecular weight is 483 g/mol. The molecule has 1 heterocycles. The van der Waals surface area contributed by atoms with Gasteiger partial charge in [0.1, 0.15) is 0 Å². The second kappa shape index (κ2) is 9.90. The molecule has 1 aliphatic rings. The van der Waals surface area contributed by atoms with Crippen molar-refractivity contribution in [1.82, 2.24) is 9.62 Å². The molecule has 5 nitrogen and oxygen atoms in total. The van der Waals surface area contributed by atoms with Gasteiger partial charge in [0.05, 0.1) is 21.8 Å². The maximum Gasteiger partial charge on any atom is 0.223 e. The van der Waals surface area contributed by atoms with Gasteiger partial charge in [-0.25, -0.2) is 12.7 Å². The number of carbonyl (C=O) groups excluding carboxylic acids is 1. The molecule has 0 radical (unpaired) electrons. The van der Waals surface area contributed by atoms with Crippen molar-refractivity contribution in [3.05, 3.63) is 68.7 Å². The van der Waals surface area contributed by atoms with Gasteiger partial charge < -0.3 is 5.32 Å². The number of hydrogen-bond donors (Lipinski definition) is 1. The molecule has 0 aliphatic carbocycles. The molecule has 0 aromatic heterocycles. The molecule has 3 rings (SSSR count). The molecule has 1 saturated heterocycles. The summed E-state index contributed by atoms with van der Waals surface area (Å²) in [7, 11) is -3.49. The first-order valence-corrected chi connectivity index (χ1v) is 12.7. The quantitative estimate of drug-likeness (QED) is 0.627. The summed E-state index contributed by atoms with van der Waals surface area (Å²) in [4.78, 5) is 12.8. The Bertz CT molecular complexity index is 1060. The Labute approximate surface area is 194 Å². The molecule has 1 N–H and O–H groups in total. The van der Waals surface area contributed by atoms with E-state index in [0.717, 1.165) is 16.7 Å². The number of hydrogen-bond acceptors (Lipinski definition) is 3. The number of carbonyl (C=O) groups is 1.